The molecule has 34 heavy (non-hydrogen) atoms. The molecule has 0 aromatic carbocycles. The standard InChI is InChI=1S/C25H32N4O5/c1-33-10-9-26-24(31)22-19(13-30)21-12-29-20(23(22)28(21)11-17-14-34-15-27-17)8-7-18(25(29)32)16-5-3-2-4-6-16/h5,7-8,14-15,19,21-23,30H,2-4,6,9-13H2,1H3,(H,26,31)/t19-,21-,22+,23+/m1/s1. The molecular weight excluding hydrogens is 436 g/mol. The van der Waals surface area contributed by atoms with Crippen LogP contribution in [-0.2, 0) is 22.6 Å². The second-order valence-corrected chi connectivity index (χ2v) is 9.38. The molecule has 0 saturated carbocycles. The normalized spacial score (nSPS) is 26.2. The molecule has 182 valence electrons. The predicted molar refractivity (Wildman–Crippen MR) is 125 cm³/mol. The molecule has 1 fully saturated rings. The van der Waals surface area contributed by atoms with Crippen LogP contribution in [-0.4, -0.2) is 58.4 Å². The van der Waals surface area contributed by atoms with Crippen molar-refractivity contribution in [3.8, 4) is 0 Å². The highest BCUT2D eigenvalue weighted by Crippen LogP contribution is 2.49. The highest BCUT2D eigenvalue weighted by atomic mass is 16.5. The number of carbonyl (C=O) groups is 1. The Hall–Kier alpha value is -2.75. The van der Waals surface area contributed by atoms with Gasteiger partial charge in [-0.1, -0.05) is 6.08 Å². The summed E-state index contributed by atoms with van der Waals surface area (Å²) in [6.07, 6.45) is 9.36. The molecule has 0 unspecified atom stereocenters. The maximum atomic E-state index is 13.6. The van der Waals surface area contributed by atoms with Crippen molar-refractivity contribution in [2.75, 3.05) is 26.9 Å². The third-order valence-electron chi connectivity index (χ3n) is 7.54. The number of nitrogens with zero attached hydrogens (tertiary/aromatic N) is 3. The van der Waals surface area contributed by atoms with E-state index in [1.54, 1.807) is 13.4 Å². The van der Waals surface area contributed by atoms with E-state index < -0.39 is 5.92 Å². The number of hydrogen-bond donors (Lipinski definition) is 2. The van der Waals surface area contributed by atoms with Crippen molar-refractivity contribution in [3.05, 3.63) is 58.2 Å². The van der Waals surface area contributed by atoms with Gasteiger partial charge in [-0.3, -0.25) is 14.5 Å². The van der Waals surface area contributed by atoms with E-state index in [1.807, 2.05) is 16.7 Å². The number of nitrogens with one attached hydrogen (secondary N) is 1. The van der Waals surface area contributed by atoms with Crippen molar-refractivity contribution in [3.63, 3.8) is 0 Å². The third kappa shape index (κ3) is 4.01. The van der Waals surface area contributed by atoms with Gasteiger partial charge in [-0.05, 0) is 43.4 Å². The lowest BCUT2D eigenvalue weighted by molar-refractivity contribution is -0.127. The fourth-order valence-corrected chi connectivity index (χ4v) is 5.97. The number of ether oxygens (including phenoxy) is 1. The van der Waals surface area contributed by atoms with E-state index in [9.17, 15) is 14.7 Å². The number of methoxy groups -OCH3 is 1. The summed E-state index contributed by atoms with van der Waals surface area (Å²) in [5.74, 6) is -0.934. The number of carbonyl (C=O) groups excluding carboxylic acids is 1. The second kappa shape index (κ2) is 9.85. The Morgan fingerprint density at radius 2 is 2.24 bits per heavy atom. The van der Waals surface area contributed by atoms with Gasteiger partial charge in [0.2, 0.25) is 5.91 Å². The molecule has 0 spiro atoms. The van der Waals surface area contributed by atoms with Crippen LogP contribution in [0, 0.1) is 11.8 Å². The van der Waals surface area contributed by atoms with Crippen molar-refractivity contribution in [1.82, 2.24) is 19.8 Å². The van der Waals surface area contributed by atoms with Crippen molar-refractivity contribution < 1.29 is 19.1 Å². The van der Waals surface area contributed by atoms with E-state index in [1.165, 1.54) is 6.39 Å². The Kier molecular flexibility index (Phi) is 6.67. The van der Waals surface area contributed by atoms with Gasteiger partial charge in [0.05, 0.1) is 24.3 Å². The Bertz CT molecular complexity index is 1110. The van der Waals surface area contributed by atoms with Crippen LogP contribution in [0.1, 0.15) is 48.7 Å². The lowest BCUT2D eigenvalue weighted by Crippen LogP contribution is -2.46. The van der Waals surface area contributed by atoms with Gasteiger partial charge >= 0.3 is 0 Å². The Morgan fingerprint density at radius 3 is 2.94 bits per heavy atom. The van der Waals surface area contributed by atoms with Crippen LogP contribution in [0.25, 0.3) is 5.57 Å². The summed E-state index contributed by atoms with van der Waals surface area (Å²) in [6, 6.07) is 3.40. The zero-order chi connectivity index (χ0) is 23.7. The first kappa shape index (κ1) is 23.0. The zero-order valence-electron chi connectivity index (χ0n) is 19.5. The predicted octanol–water partition coefficient (Wildman–Crippen LogP) is 1.72. The number of oxazole rings is 1. The molecule has 2 aromatic heterocycles. The number of hydrogen-bond acceptors (Lipinski definition) is 7. The molecule has 2 aliphatic heterocycles. The summed E-state index contributed by atoms with van der Waals surface area (Å²) >= 11 is 0. The van der Waals surface area contributed by atoms with Gasteiger partial charge < -0.3 is 24.1 Å². The van der Waals surface area contributed by atoms with E-state index in [0.717, 1.165) is 48.2 Å². The third-order valence-corrected chi connectivity index (χ3v) is 7.54. The minimum Gasteiger partial charge on any atom is -0.451 e. The molecule has 0 radical (unpaired) electrons. The zero-order valence-corrected chi connectivity index (χ0v) is 19.5. The lowest BCUT2D eigenvalue weighted by Gasteiger charge is -2.38. The Morgan fingerprint density at radius 1 is 1.35 bits per heavy atom. The summed E-state index contributed by atoms with van der Waals surface area (Å²) < 4.78 is 12.1. The monoisotopic (exact) mass is 468 g/mol. The van der Waals surface area contributed by atoms with Gasteiger partial charge in [0.25, 0.3) is 5.56 Å². The molecule has 3 aliphatic rings. The molecule has 2 bridgehead atoms. The van der Waals surface area contributed by atoms with E-state index in [-0.39, 0.29) is 36.1 Å². The fraction of sp³-hybridized carbons (Fsp3) is 0.560. The molecule has 4 heterocycles. The highest BCUT2D eigenvalue weighted by molar-refractivity contribution is 5.80. The van der Waals surface area contributed by atoms with Gasteiger partial charge in [0, 0.05) is 56.6 Å². The lowest BCUT2D eigenvalue weighted by atomic mass is 9.86. The average Bonchev–Trinajstić information content (AvgIpc) is 3.44. The number of aliphatic hydroxyl groups is 1. The SMILES string of the molecule is COCCNC(=O)[C@H]1[C@H](CO)[C@H]2Cn3c(ccc(C4=CCCCC4)c3=O)[C@@H]1N2Cc1cocn1. The quantitative estimate of drug-likeness (QED) is 0.568. The average molecular weight is 469 g/mol. The molecule has 1 saturated heterocycles. The molecule has 4 atom stereocenters. The fourth-order valence-electron chi connectivity index (χ4n) is 5.97. The highest BCUT2D eigenvalue weighted by Gasteiger charge is 2.55. The van der Waals surface area contributed by atoms with E-state index >= 15 is 0 Å². The number of aromatic nitrogens is 2. The summed E-state index contributed by atoms with van der Waals surface area (Å²) in [7, 11) is 1.59. The minimum atomic E-state index is -0.494. The first-order valence-electron chi connectivity index (χ1n) is 12.1. The molecular formula is C25H32N4O5. The van der Waals surface area contributed by atoms with Crippen LogP contribution in [0.15, 0.2) is 40.1 Å². The number of pyridine rings is 1. The van der Waals surface area contributed by atoms with Gasteiger partial charge in [0.15, 0.2) is 6.39 Å². The summed E-state index contributed by atoms with van der Waals surface area (Å²) in [5, 5.41) is 13.4. The molecule has 2 N–H and O–H groups in total. The number of amides is 1. The number of allylic oxidation sites excluding steroid dienone is 2. The van der Waals surface area contributed by atoms with Gasteiger partial charge in [-0.2, -0.15) is 0 Å². The van der Waals surface area contributed by atoms with Crippen molar-refractivity contribution in [2.24, 2.45) is 11.8 Å². The van der Waals surface area contributed by atoms with E-state index in [2.05, 4.69) is 21.3 Å². The molecule has 2 aromatic rings. The van der Waals surface area contributed by atoms with Crippen molar-refractivity contribution in [1.29, 1.82) is 0 Å². The van der Waals surface area contributed by atoms with Crippen LogP contribution < -0.4 is 10.9 Å². The first-order valence-corrected chi connectivity index (χ1v) is 12.1. The number of rotatable bonds is 8. The van der Waals surface area contributed by atoms with Crippen LogP contribution in [0.4, 0.5) is 0 Å². The van der Waals surface area contributed by atoms with Crippen LogP contribution in [0.2, 0.25) is 0 Å². The van der Waals surface area contributed by atoms with E-state index in [0.29, 0.717) is 26.2 Å². The first-order chi connectivity index (χ1) is 16.6. The molecule has 9 nitrogen and oxygen atoms in total. The summed E-state index contributed by atoms with van der Waals surface area (Å²) in [5.41, 5.74) is 3.45. The summed E-state index contributed by atoms with van der Waals surface area (Å²) in [6.45, 7) is 1.57. The van der Waals surface area contributed by atoms with E-state index in [4.69, 9.17) is 9.15 Å². The van der Waals surface area contributed by atoms with Crippen molar-refractivity contribution in [2.45, 2.75) is 50.9 Å². The second-order valence-electron chi connectivity index (χ2n) is 9.38. The van der Waals surface area contributed by atoms with Gasteiger partial charge in [-0.15, -0.1) is 0 Å². The summed E-state index contributed by atoms with van der Waals surface area (Å²) in [4.78, 5) is 33.5. The Labute approximate surface area is 198 Å². The maximum Gasteiger partial charge on any atom is 0.258 e. The number of fused-ring (bicyclic) bond motifs is 4. The largest absolute Gasteiger partial charge is 0.451 e. The Balaban J connectivity index is 1.56. The van der Waals surface area contributed by atoms with Gasteiger partial charge in [-0.25, -0.2) is 4.98 Å². The number of aliphatic hydroxyl groups excluding tert-OH is 1. The topological polar surface area (TPSA) is 110 Å². The van der Waals surface area contributed by atoms with Gasteiger partial charge in [0.1, 0.15) is 6.26 Å². The smallest absolute Gasteiger partial charge is 0.258 e. The van der Waals surface area contributed by atoms with Crippen molar-refractivity contribution >= 4 is 11.5 Å². The van der Waals surface area contributed by atoms with Crippen LogP contribution in [0.3, 0.4) is 0 Å². The minimum absolute atomic E-state index is 0.00105. The molecule has 1 amide bonds. The molecule has 9 heteroatoms. The maximum absolute atomic E-state index is 13.6. The van der Waals surface area contributed by atoms with Crippen LogP contribution in [0.5, 0.6) is 0 Å². The van der Waals surface area contributed by atoms with Crippen LogP contribution >= 0.6 is 0 Å². The molecule has 1 aliphatic carbocycles. The molecule has 5 rings (SSSR count).